The van der Waals surface area contributed by atoms with E-state index >= 15 is 0 Å². The first-order valence-electron chi connectivity index (χ1n) is 3.66. The molecular weight excluding hydrogens is 159 g/mol. The van der Waals surface area contributed by atoms with Crippen molar-refractivity contribution in [2.75, 3.05) is 0 Å². The Bertz CT molecular complexity index is 298. The van der Waals surface area contributed by atoms with Gasteiger partial charge in [-0.25, -0.2) is 9.37 Å². The van der Waals surface area contributed by atoms with Crippen LogP contribution < -0.4 is 0 Å². The zero-order valence-corrected chi connectivity index (χ0v) is 7.31. The number of imidazole rings is 1. The lowest BCUT2D eigenvalue weighted by atomic mass is 10.1. The minimum Gasteiger partial charge on any atom is -0.337 e. The van der Waals surface area contributed by atoms with Crippen LogP contribution in [0.15, 0.2) is 6.20 Å². The van der Waals surface area contributed by atoms with Gasteiger partial charge in [-0.15, -0.1) is 0 Å². The Morgan fingerprint density at radius 2 is 2.25 bits per heavy atom. The van der Waals surface area contributed by atoms with E-state index in [-0.39, 0.29) is 11.6 Å². The fourth-order valence-electron chi connectivity index (χ4n) is 0.802. The topological polar surface area (TPSA) is 45.8 Å². The molecule has 0 fully saturated rings. The molecular formula is C8H11FN2O. The number of halogens is 1. The number of hydrogen-bond acceptors (Lipinski definition) is 2. The second-order valence-electron chi connectivity index (χ2n) is 3.17. The Kier molecular flexibility index (Phi) is 2.00. The summed E-state index contributed by atoms with van der Waals surface area (Å²) in [5.41, 5.74) is -1.14. The van der Waals surface area contributed by atoms with Crippen molar-refractivity contribution in [1.29, 1.82) is 0 Å². The Balaban J connectivity index is 3.00. The number of ketones is 1. The molecule has 0 unspecified atom stereocenters. The highest BCUT2D eigenvalue weighted by Crippen LogP contribution is 2.22. The molecule has 1 rings (SSSR count). The second-order valence-corrected chi connectivity index (χ2v) is 3.17. The predicted molar refractivity (Wildman–Crippen MR) is 42.7 cm³/mol. The van der Waals surface area contributed by atoms with E-state index in [1.54, 1.807) is 0 Å². The van der Waals surface area contributed by atoms with Gasteiger partial charge in [-0.2, -0.15) is 0 Å². The van der Waals surface area contributed by atoms with Gasteiger partial charge < -0.3 is 4.98 Å². The molecule has 0 aliphatic heterocycles. The quantitative estimate of drug-likeness (QED) is 0.688. The van der Waals surface area contributed by atoms with E-state index in [1.807, 2.05) is 0 Å². The smallest absolute Gasteiger partial charge is 0.194 e. The summed E-state index contributed by atoms with van der Waals surface area (Å²) < 4.78 is 13.2. The third kappa shape index (κ3) is 1.69. The van der Waals surface area contributed by atoms with Gasteiger partial charge in [-0.3, -0.25) is 4.79 Å². The molecule has 0 bridgehead atoms. The van der Waals surface area contributed by atoms with E-state index in [2.05, 4.69) is 9.97 Å². The monoisotopic (exact) mass is 170 g/mol. The Labute approximate surface area is 70.0 Å². The normalized spacial score (nSPS) is 11.7. The van der Waals surface area contributed by atoms with Gasteiger partial charge >= 0.3 is 0 Å². The van der Waals surface area contributed by atoms with Gasteiger partial charge in [0, 0.05) is 6.92 Å². The molecule has 0 atom stereocenters. The Hall–Kier alpha value is -1.19. The number of Topliss-reactive ketones (excluding diaryl/α,β-unsaturated/α-hetero) is 1. The maximum absolute atomic E-state index is 13.2. The van der Waals surface area contributed by atoms with Crippen LogP contribution in [-0.4, -0.2) is 15.8 Å². The minimum atomic E-state index is -1.47. The number of aromatic nitrogens is 2. The zero-order valence-electron chi connectivity index (χ0n) is 7.31. The molecule has 0 aliphatic rings. The van der Waals surface area contributed by atoms with Crippen LogP contribution in [0.25, 0.3) is 0 Å². The highest BCUT2D eigenvalue weighted by molar-refractivity contribution is 5.90. The summed E-state index contributed by atoms with van der Waals surface area (Å²) in [5.74, 6) is 0.0150. The molecule has 0 radical (unpaired) electrons. The number of nitrogens with zero attached hydrogens (tertiary/aromatic N) is 1. The summed E-state index contributed by atoms with van der Waals surface area (Å²) in [7, 11) is 0. The summed E-state index contributed by atoms with van der Waals surface area (Å²) in [5, 5.41) is 0. The minimum absolute atomic E-state index is 0.189. The van der Waals surface area contributed by atoms with Crippen molar-refractivity contribution in [1.82, 2.24) is 9.97 Å². The summed E-state index contributed by atoms with van der Waals surface area (Å²) >= 11 is 0. The first kappa shape index (κ1) is 8.90. The number of carbonyl (C=O) groups is 1. The first-order chi connectivity index (χ1) is 5.41. The predicted octanol–water partition coefficient (Wildman–Crippen LogP) is 1.82. The van der Waals surface area contributed by atoms with Gasteiger partial charge in [0.15, 0.2) is 11.6 Å². The number of hydrogen-bond donors (Lipinski definition) is 1. The van der Waals surface area contributed by atoms with Gasteiger partial charge in [0.1, 0.15) is 5.67 Å². The van der Waals surface area contributed by atoms with Gasteiger partial charge in [0.2, 0.25) is 0 Å². The van der Waals surface area contributed by atoms with Crippen LogP contribution in [0, 0.1) is 0 Å². The van der Waals surface area contributed by atoms with E-state index < -0.39 is 5.67 Å². The van der Waals surface area contributed by atoms with Crippen LogP contribution in [0.4, 0.5) is 4.39 Å². The SMILES string of the molecule is CC(=O)c1ncc(C(C)(C)F)[nH]1. The van der Waals surface area contributed by atoms with Crippen LogP contribution in [0.5, 0.6) is 0 Å². The number of aromatic amines is 1. The van der Waals surface area contributed by atoms with Crippen molar-refractivity contribution >= 4 is 5.78 Å². The van der Waals surface area contributed by atoms with Crippen molar-refractivity contribution in [3.8, 4) is 0 Å². The average Bonchev–Trinajstić information content (AvgIpc) is 2.30. The first-order valence-corrected chi connectivity index (χ1v) is 3.66. The summed E-state index contributed by atoms with van der Waals surface area (Å²) in [4.78, 5) is 17.1. The van der Waals surface area contributed by atoms with E-state index in [9.17, 15) is 9.18 Å². The third-order valence-electron chi connectivity index (χ3n) is 1.55. The molecule has 4 heteroatoms. The van der Waals surface area contributed by atoms with Crippen LogP contribution in [0.3, 0.4) is 0 Å². The molecule has 3 nitrogen and oxygen atoms in total. The molecule has 0 aromatic carbocycles. The van der Waals surface area contributed by atoms with Crippen molar-refractivity contribution < 1.29 is 9.18 Å². The lowest BCUT2D eigenvalue weighted by Crippen LogP contribution is -2.09. The number of rotatable bonds is 2. The molecule has 0 aliphatic carbocycles. The van der Waals surface area contributed by atoms with Gasteiger partial charge in [0.05, 0.1) is 11.9 Å². The van der Waals surface area contributed by atoms with E-state index in [4.69, 9.17) is 0 Å². The molecule has 12 heavy (non-hydrogen) atoms. The van der Waals surface area contributed by atoms with Crippen molar-refractivity contribution in [3.05, 3.63) is 17.7 Å². The largest absolute Gasteiger partial charge is 0.337 e. The molecule has 1 aromatic heterocycles. The van der Waals surface area contributed by atoms with Gasteiger partial charge in [-0.05, 0) is 13.8 Å². The fourth-order valence-corrected chi connectivity index (χ4v) is 0.802. The number of alkyl halides is 1. The molecule has 0 saturated carbocycles. The van der Waals surface area contributed by atoms with Crippen molar-refractivity contribution in [2.24, 2.45) is 0 Å². The standard InChI is InChI=1S/C8H11FN2O/c1-5(12)7-10-4-6(11-7)8(2,3)9/h4H,1-3H3,(H,10,11). The fraction of sp³-hybridized carbons (Fsp3) is 0.500. The van der Waals surface area contributed by atoms with Crippen LogP contribution in [0.2, 0.25) is 0 Å². The number of nitrogens with one attached hydrogen (secondary N) is 1. The maximum Gasteiger partial charge on any atom is 0.194 e. The second kappa shape index (κ2) is 2.69. The molecule has 0 amide bonds. The summed E-state index contributed by atoms with van der Waals surface area (Å²) in [6, 6.07) is 0. The van der Waals surface area contributed by atoms with Crippen molar-refractivity contribution in [3.63, 3.8) is 0 Å². The maximum atomic E-state index is 13.2. The van der Waals surface area contributed by atoms with E-state index in [0.29, 0.717) is 5.69 Å². The Morgan fingerprint density at radius 3 is 2.50 bits per heavy atom. The van der Waals surface area contributed by atoms with Crippen LogP contribution in [-0.2, 0) is 5.67 Å². The lowest BCUT2D eigenvalue weighted by Gasteiger charge is -2.09. The molecule has 1 N–H and O–H groups in total. The lowest BCUT2D eigenvalue weighted by molar-refractivity contribution is 0.100. The third-order valence-corrected chi connectivity index (χ3v) is 1.55. The molecule has 1 heterocycles. The highest BCUT2D eigenvalue weighted by Gasteiger charge is 2.21. The Morgan fingerprint density at radius 1 is 1.67 bits per heavy atom. The zero-order chi connectivity index (χ0) is 9.35. The molecule has 0 spiro atoms. The summed E-state index contributed by atoms with van der Waals surface area (Å²) in [6.45, 7) is 4.20. The summed E-state index contributed by atoms with van der Waals surface area (Å²) in [6.07, 6.45) is 1.34. The van der Waals surface area contributed by atoms with Crippen LogP contribution >= 0.6 is 0 Å². The van der Waals surface area contributed by atoms with Crippen LogP contribution in [0.1, 0.15) is 37.1 Å². The van der Waals surface area contributed by atoms with E-state index in [0.717, 1.165) is 0 Å². The van der Waals surface area contributed by atoms with E-state index in [1.165, 1.54) is 27.0 Å². The average molecular weight is 170 g/mol. The molecule has 1 aromatic rings. The molecule has 66 valence electrons. The van der Waals surface area contributed by atoms with Gasteiger partial charge in [0.25, 0.3) is 0 Å². The van der Waals surface area contributed by atoms with Gasteiger partial charge in [-0.1, -0.05) is 0 Å². The highest BCUT2D eigenvalue weighted by atomic mass is 19.1. The number of H-pyrrole nitrogens is 1. The van der Waals surface area contributed by atoms with Crippen molar-refractivity contribution in [2.45, 2.75) is 26.4 Å². The number of carbonyl (C=O) groups excluding carboxylic acids is 1. The molecule has 0 saturated heterocycles.